The smallest absolute Gasteiger partial charge is 0.290 e. The molecule has 1 saturated heterocycles. The van der Waals surface area contributed by atoms with E-state index in [1.807, 2.05) is 22.8 Å². The van der Waals surface area contributed by atoms with Gasteiger partial charge >= 0.3 is 0 Å². The molecule has 2 amide bonds. The van der Waals surface area contributed by atoms with Gasteiger partial charge in [0.1, 0.15) is 17.7 Å². The first kappa shape index (κ1) is 29.2. The van der Waals surface area contributed by atoms with Gasteiger partial charge in [0.2, 0.25) is 11.7 Å². The van der Waals surface area contributed by atoms with Crippen LogP contribution in [0.15, 0.2) is 42.7 Å². The molecule has 42 heavy (non-hydrogen) atoms. The summed E-state index contributed by atoms with van der Waals surface area (Å²) in [6, 6.07) is 8.41. The summed E-state index contributed by atoms with van der Waals surface area (Å²) in [5.74, 6) is -0.953. The number of benzene rings is 1. The Kier molecular flexibility index (Phi) is 8.84. The van der Waals surface area contributed by atoms with Crippen molar-refractivity contribution in [2.75, 3.05) is 18.0 Å². The average molecular weight is 573 g/mol. The van der Waals surface area contributed by atoms with Crippen LogP contribution in [0.4, 0.5) is 5.69 Å². The number of carbonyl (C=O) groups excluding carboxylic acids is 3. The lowest BCUT2D eigenvalue weighted by molar-refractivity contribution is -0.147. The highest BCUT2D eigenvalue weighted by atomic mass is 16.2. The number of amides is 2. The number of Topliss-reactive ketones (excluding diaryl/α,β-unsaturated/α-hetero) is 1. The summed E-state index contributed by atoms with van der Waals surface area (Å²) in [4.78, 5) is 52.4. The lowest BCUT2D eigenvalue weighted by Crippen LogP contribution is -2.49. The van der Waals surface area contributed by atoms with Crippen molar-refractivity contribution in [3.05, 3.63) is 54.1 Å². The van der Waals surface area contributed by atoms with Crippen molar-refractivity contribution in [1.29, 1.82) is 5.41 Å². The number of rotatable bonds is 10. The number of nitrogens with one attached hydrogen (secondary N) is 1. The van der Waals surface area contributed by atoms with Gasteiger partial charge in [0.05, 0.1) is 17.6 Å². The number of aromatic nitrogens is 3. The van der Waals surface area contributed by atoms with Crippen LogP contribution in [0.5, 0.6) is 0 Å². The monoisotopic (exact) mass is 572 g/mol. The molecule has 5 rings (SSSR count). The highest BCUT2D eigenvalue weighted by Crippen LogP contribution is 2.36. The van der Waals surface area contributed by atoms with Crippen molar-refractivity contribution in [3.63, 3.8) is 0 Å². The van der Waals surface area contributed by atoms with Crippen LogP contribution >= 0.6 is 0 Å². The summed E-state index contributed by atoms with van der Waals surface area (Å²) in [7, 11) is 0. The maximum absolute atomic E-state index is 13.6. The molecule has 0 radical (unpaired) electrons. The largest absolute Gasteiger partial charge is 0.384 e. The number of carbonyl (C=O) groups is 3. The molecule has 11 heteroatoms. The van der Waals surface area contributed by atoms with Gasteiger partial charge in [0.15, 0.2) is 0 Å². The molecule has 1 unspecified atom stereocenters. The number of primary amides is 1. The number of nitrogens with two attached hydrogens (primary N) is 2. The van der Waals surface area contributed by atoms with Gasteiger partial charge in [0, 0.05) is 49.2 Å². The van der Waals surface area contributed by atoms with Gasteiger partial charge in [-0.2, -0.15) is 0 Å². The summed E-state index contributed by atoms with van der Waals surface area (Å²) in [6.45, 7) is 3.21. The van der Waals surface area contributed by atoms with E-state index < -0.39 is 23.6 Å². The highest BCUT2D eigenvalue weighted by molar-refractivity contribution is 6.36. The average Bonchev–Trinajstić information content (AvgIpc) is 3.36. The quantitative estimate of drug-likeness (QED) is 0.190. The topological polar surface area (TPSA) is 164 Å². The highest BCUT2D eigenvalue weighted by Gasteiger charge is 2.36. The SMILES string of the molecule is CCC(=O)C(=O)N(Cc1nc2cc(C(=N)N)ccc2n1C(C(N)=O)C1CCCCC1)C1CCN(c2ccncc2)CC1. The number of hydrogen-bond acceptors (Lipinski definition) is 7. The van der Waals surface area contributed by atoms with Crippen molar-refractivity contribution >= 4 is 40.2 Å². The third-order valence-corrected chi connectivity index (χ3v) is 8.80. The molecule has 0 bridgehead atoms. The molecule has 3 heterocycles. The number of fused-ring (bicyclic) bond motifs is 1. The van der Waals surface area contributed by atoms with Gasteiger partial charge in [-0.1, -0.05) is 26.2 Å². The van der Waals surface area contributed by atoms with E-state index in [2.05, 4.69) is 9.88 Å². The van der Waals surface area contributed by atoms with Crippen LogP contribution in [-0.2, 0) is 20.9 Å². The summed E-state index contributed by atoms with van der Waals surface area (Å²) in [5.41, 5.74) is 14.7. The second kappa shape index (κ2) is 12.7. The molecule has 0 spiro atoms. The number of hydrogen-bond donors (Lipinski definition) is 3. The van der Waals surface area contributed by atoms with E-state index in [-0.39, 0.29) is 30.8 Å². The molecule has 1 atom stereocenters. The number of amidine groups is 1. The third kappa shape index (κ3) is 6.00. The van der Waals surface area contributed by atoms with Crippen LogP contribution in [0.2, 0.25) is 0 Å². The first-order chi connectivity index (χ1) is 20.3. The molecule has 2 aliphatic rings. The molecule has 5 N–H and O–H groups in total. The van der Waals surface area contributed by atoms with E-state index in [9.17, 15) is 14.4 Å². The Balaban J connectivity index is 1.53. The van der Waals surface area contributed by atoms with Gasteiger partial charge in [-0.05, 0) is 61.9 Å². The Morgan fingerprint density at radius 2 is 1.71 bits per heavy atom. The standard InChI is InChI=1S/C31H40N8O3/c1-2-26(40)31(42)38(23-12-16-37(17-13-23)22-10-14-35-15-11-22)19-27-36-24-18-21(29(32)33)8-9-25(24)39(27)28(30(34)41)20-6-4-3-5-7-20/h8-11,14-15,18,20,23,28H,2-7,12-13,16-17,19H2,1H3,(H3,32,33)(H2,34,41). The molecule has 1 aromatic carbocycles. The van der Waals surface area contributed by atoms with Crippen LogP contribution in [0.3, 0.4) is 0 Å². The summed E-state index contributed by atoms with van der Waals surface area (Å²) in [5, 5.41) is 7.91. The van der Waals surface area contributed by atoms with Crippen LogP contribution < -0.4 is 16.4 Å². The minimum atomic E-state index is -0.638. The number of imidazole rings is 1. The zero-order valence-corrected chi connectivity index (χ0v) is 24.2. The van der Waals surface area contributed by atoms with E-state index >= 15 is 0 Å². The number of ketones is 1. The zero-order valence-electron chi connectivity index (χ0n) is 24.2. The fourth-order valence-corrected chi connectivity index (χ4v) is 6.58. The Morgan fingerprint density at radius 3 is 2.33 bits per heavy atom. The Bertz CT molecular complexity index is 1460. The van der Waals surface area contributed by atoms with Gasteiger partial charge in [-0.3, -0.25) is 24.8 Å². The summed E-state index contributed by atoms with van der Waals surface area (Å²) >= 11 is 0. The van der Waals surface area contributed by atoms with Crippen LogP contribution in [0.1, 0.15) is 75.7 Å². The maximum atomic E-state index is 13.6. The van der Waals surface area contributed by atoms with E-state index in [1.54, 1.807) is 36.4 Å². The predicted molar refractivity (Wildman–Crippen MR) is 161 cm³/mol. The third-order valence-electron chi connectivity index (χ3n) is 8.80. The lowest BCUT2D eigenvalue weighted by Gasteiger charge is -2.39. The fourth-order valence-electron chi connectivity index (χ4n) is 6.58. The number of pyridine rings is 1. The van der Waals surface area contributed by atoms with Crippen LogP contribution in [-0.4, -0.2) is 62.0 Å². The molecule has 222 valence electrons. The van der Waals surface area contributed by atoms with E-state index in [4.69, 9.17) is 21.9 Å². The van der Waals surface area contributed by atoms with Crippen molar-refractivity contribution in [2.45, 2.75) is 76.9 Å². The number of nitrogen functional groups attached to an aromatic ring is 1. The molecule has 1 aliphatic carbocycles. The summed E-state index contributed by atoms with van der Waals surface area (Å²) in [6.07, 6.45) is 9.93. The minimum Gasteiger partial charge on any atom is -0.384 e. The van der Waals surface area contributed by atoms with Gasteiger partial charge in [0.25, 0.3) is 5.91 Å². The first-order valence-corrected chi connectivity index (χ1v) is 14.9. The first-order valence-electron chi connectivity index (χ1n) is 14.9. The second-order valence-electron chi connectivity index (χ2n) is 11.4. The predicted octanol–water partition coefficient (Wildman–Crippen LogP) is 3.30. The molecule has 2 fully saturated rings. The van der Waals surface area contributed by atoms with Gasteiger partial charge in [-0.15, -0.1) is 0 Å². The lowest BCUT2D eigenvalue weighted by atomic mass is 9.83. The molecule has 3 aromatic rings. The van der Waals surface area contributed by atoms with E-state index in [1.165, 1.54) is 0 Å². The maximum Gasteiger partial charge on any atom is 0.290 e. The summed E-state index contributed by atoms with van der Waals surface area (Å²) < 4.78 is 1.89. The van der Waals surface area contributed by atoms with Gasteiger partial charge in [-0.25, -0.2) is 4.98 Å². The molecule has 1 saturated carbocycles. The van der Waals surface area contributed by atoms with Crippen molar-refractivity contribution < 1.29 is 14.4 Å². The number of piperidine rings is 1. The number of nitrogens with zero attached hydrogens (tertiary/aromatic N) is 5. The van der Waals surface area contributed by atoms with Gasteiger partial charge < -0.3 is 25.8 Å². The Morgan fingerprint density at radius 1 is 1.02 bits per heavy atom. The van der Waals surface area contributed by atoms with Crippen molar-refractivity contribution in [2.24, 2.45) is 17.4 Å². The van der Waals surface area contributed by atoms with E-state index in [0.717, 1.165) is 50.9 Å². The molecular formula is C31H40N8O3. The van der Waals surface area contributed by atoms with Crippen LogP contribution in [0.25, 0.3) is 11.0 Å². The fraction of sp³-hybridized carbons (Fsp3) is 0.484. The van der Waals surface area contributed by atoms with E-state index in [0.29, 0.717) is 35.3 Å². The zero-order chi connectivity index (χ0) is 29.8. The molecule has 2 aromatic heterocycles. The molecule has 1 aliphatic heterocycles. The second-order valence-corrected chi connectivity index (χ2v) is 11.4. The van der Waals surface area contributed by atoms with Crippen molar-refractivity contribution in [1.82, 2.24) is 19.4 Å². The normalized spacial score (nSPS) is 17.2. The Labute approximate surface area is 245 Å². The minimum absolute atomic E-state index is 0.0462. The Hall–Kier alpha value is -4.28. The van der Waals surface area contributed by atoms with Crippen LogP contribution in [0, 0.1) is 11.3 Å². The number of anilines is 1. The van der Waals surface area contributed by atoms with Crippen molar-refractivity contribution in [3.8, 4) is 0 Å². The molecule has 11 nitrogen and oxygen atoms in total. The molecular weight excluding hydrogens is 532 g/mol.